The molecule has 4 heteroatoms. The molecule has 0 aliphatic heterocycles. The third-order valence-electron chi connectivity index (χ3n) is 1.86. The van der Waals surface area contributed by atoms with Gasteiger partial charge < -0.3 is 10.6 Å². The van der Waals surface area contributed by atoms with Crippen LogP contribution in [0.4, 0.5) is 0 Å². The van der Waals surface area contributed by atoms with Crippen molar-refractivity contribution in [1.82, 2.24) is 10.6 Å². The van der Waals surface area contributed by atoms with E-state index in [1.165, 1.54) is 13.8 Å². The predicted octanol–water partition coefficient (Wildman–Crippen LogP) is 0.426. The van der Waals surface area contributed by atoms with Crippen LogP contribution in [-0.4, -0.2) is 23.9 Å². The molecule has 2 amide bonds. The summed E-state index contributed by atoms with van der Waals surface area (Å²) >= 11 is 0. The molecule has 0 heterocycles. The first kappa shape index (κ1) is 11.9. The van der Waals surface area contributed by atoms with Crippen LogP contribution in [0.5, 0.6) is 0 Å². The monoisotopic (exact) mass is 186 g/mol. The highest BCUT2D eigenvalue weighted by atomic mass is 16.2. The minimum absolute atomic E-state index is 0.0152. The SMILES string of the molecule is CCC(NC(C)=O)C(C)NC(C)=O. The molecule has 0 saturated heterocycles. The second kappa shape index (κ2) is 5.56. The molecule has 2 atom stereocenters. The fourth-order valence-electron chi connectivity index (χ4n) is 1.26. The second-order valence-corrected chi connectivity index (χ2v) is 3.20. The first-order valence-electron chi connectivity index (χ1n) is 4.51. The molecular formula is C9H18N2O2. The topological polar surface area (TPSA) is 58.2 Å². The third-order valence-corrected chi connectivity index (χ3v) is 1.86. The molecule has 0 aromatic heterocycles. The van der Waals surface area contributed by atoms with Gasteiger partial charge in [-0.1, -0.05) is 6.92 Å². The zero-order valence-electron chi connectivity index (χ0n) is 8.68. The first-order chi connectivity index (χ1) is 5.97. The average molecular weight is 186 g/mol. The van der Waals surface area contributed by atoms with Crippen LogP contribution in [0.1, 0.15) is 34.1 Å². The maximum absolute atomic E-state index is 10.8. The Morgan fingerprint density at radius 1 is 1.15 bits per heavy atom. The molecule has 2 unspecified atom stereocenters. The minimum atomic E-state index is -0.0729. The van der Waals surface area contributed by atoms with Crippen LogP contribution in [0.25, 0.3) is 0 Å². The predicted molar refractivity (Wildman–Crippen MR) is 51.2 cm³/mol. The van der Waals surface area contributed by atoms with E-state index in [4.69, 9.17) is 0 Å². The van der Waals surface area contributed by atoms with Crippen molar-refractivity contribution in [1.29, 1.82) is 0 Å². The highest BCUT2D eigenvalue weighted by Gasteiger charge is 2.16. The van der Waals surface area contributed by atoms with Crippen molar-refractivity contribution < 1.29 is 9.59 Å². The number of carbonyl (C=O) groups is 2. The largest absolute Gasteiger partial charge is 0.352 e. The summed E-state index contributed by atoms with van der Waals surface area (Å²) in [6.07, 6.45) is 0.807. The Morgan fingerprint density at radius 2 is 1.62 bits per heavy atom. The number of rotatable bonds is 4. The second-order valence-electron chi connectivity index (χ2n) is 3.20. The number of nitrogens with one attached hydrogen (secondary N) is 2. The van der Waals surface area contributed by atoms with E-state index >= 15 is 0 Å². The quantitative estimate of drug-likeness (QED) is 0.668. The van der Waals surface area contributed by atoms with Crippen LogP contribution >= 0.6 is 0 Å². The van der Waals surface area contributed by atoms with Crippen LogP contribution in [-0.2, 0) is 9.59 Å². The molecule has 0 radical (unpaired) electrons. The summed E-state index contributed by atoms with van der Waals surface area (Å²) in [6, 6.07) is -0.00667. The fraction of sp³-hybridized carbons (Fsp3) is 0.778. The van der Waals surface area contributed by atoms with Gasteiger partial charge in [0, 0.05) is 25.9 Å². The summed E-state index contributed by atoms with van der Waals surface area (Å²) < 4.78 is 0. The van der Waals surface area contributed by atoms with Gasteiger partial charge in [-0.15, -0.1) is 0 Å². The van der Waals surface area contributed by atoms with E-state index in [0.717, 1.165) is 6.42 Å². The molecule has 13 heavy (non-hydrogen) atoms. The standard InChI is InChI=1S/C9H18N2O2/c1-5-9(11-8(4)13)6(2)10-7(3)12/h6,9H,5H2,1-4H3,(H,10,12)(H,11,13). The van der Waals surface area contributed by atoms with Gasteiger partial charge in [0.15, 0.2) is 0 Å². The molecule has 0 fully saturated rings. The van der Waals surface area contributed by atoms with E-state index in [1.54, 1.807) is 0 Å². The highest BCUT2D eigenvalue weighted by molar-refractivity contribution is 5.74. The lowest BCUT2D eigenvalue weighted by Gasteiger charge is -2.23. The molecule has 2 N–H and O–H groups in total. The Hall–Kier alpha value is -1.06. The van der Waals surface area contributed by atoms with Crippen molar-refractivity contribution in [2.75, 3.05) is 0 Å². The lowest BCUT2D eigenvalue weighted by Crippen LogP contribution is -2.48. The maximum atomic E-state index is 10.8. The summed E-state index contributed by atoms with van der Waals surface area (Å²) in [6.45, 7) is 6.80. The first-order valence-corrected chi connectivity index (χ1v) is 4.51. The van der Waals surface area contributed by atoms with Crippen LogP contribution < -0.4 is 10.6 Å². The van der Waals surface area contributed by atoms with Crippen LogP contribution in [0.15, 0.2) is 0 Å². The van der Waals surface area contributed by atoms with Crippen molar-refractivity contribution in [3.05, 3.63) is 0 Å². The molecule has 76 valence electrons. The number of hydrogen-bond acceptors (Lipinski definition) is 2. The van der Waals surface area contributed by atoms with Gasteiger partial charge in [-0.2, -0.15) is 0 Å². The van der Waals surface area contributed by atoms with E-state index in [0.29, 0.717) is 0 Å². The Morgan fingerprint density at radius 3 is 1.92 bits per heavy atom. The summed E-state index contributed by atoms with van der Waals surface area (Å²) in [5.74, 6) is -0.139. The fourth-order valence-corrected chi connectivity index (χ4v) is 1.26. The zero-order valence-corrected chi connectivity index (χ0v) is 8.68. The lowest BCUT2D eigenvalue weighted by atomic mass is 10.1. The van der Waals surface area contributed by atoms with Crippen molar-refractivity contribution in [2.45, 2.75) is 46.2 Å². The molecular weight excluding hydrogens is 168 g/mol. The van der Waals surface area contributed by atoms with Crippen LogP contribution in [0.2, 0.25) is 0 Å². The third kappa shape index (κ3) is 5.22. The van der Waals surface area contributed by atoms with E-state index in [9.17, 15) is 9.59 Å². The van der Waals surface area contributed by atoms with Gasteiger partial charge in [-0.05, 0) is 13.3 Å². The van der Waals surface area contributed by atoms with E-state index in [-0.39, 0.29) is 23.9 Å². The Bertz CT molecular complexity index is 192. The van der Waals surface area contributed by atoms with Gasteiger partial charge in [0.25, 0.3) is 0 Å². The number of carbonyl (C=O) groups excluding carboxylic acids is 2. The zero-order chi connectivity index (χ0) is 10.4. The normalized spacial score (nSPS) is 14.5. The average Bonchev–Trinajstić information content (AvgIpc) is 1.98. The number of hydrogen-bond donors (Lipinski definition) is 2. The van der Waals surface area contributed by atoms with Gasteiger partial charge in [0.05, 0.1) is 0 Å². The van der Waals surface area contributed by atoms with Crippen molar-refractivity contribution in [3.8, 4) is 0 Å². The van der Waals surface area contributed by atoms with E-state index < -0.39 is 0 Å². The Kier molecular flexibility index (Phi) is 5.11. The van der Waals surface area contributed by atoms with Gasteiger partial charge >= 0.3 is 0 Å². The summed E-state index contributed by atoms with van der Waals surface area (Å²) in [7, 11) is 0. The van der Waals surface area contributed by atoms with Gasteiger partial charge in [0.2, 0.25) is 11.8 Å². The van der Waals surface area contributed by atoms with Gasteiger partial charge in [-0.25, -0.2) is 0 Å². The van der Waals surface area contributed by atoms with Crippen LogP contribution in [0, 0.1) is 0 Å². The minimum Gasteiger partial charge on any atom is -0.352 e. The van der Waals surface area contributed by atoms with E-state index in [2.05, 4.69) is 10.6 Å². The molecule has 0 spiro atoms. The summed E-state index contributed by atoms with van der Waals surface area (Å²) in [5, 5.41) is 5.53. The molecule has 0 aliphatic carbocycles. The molecule has 0 rings (SSSR count). The molecule has 0 saturated carbocycles. The van der Waals surface area contributed by atoms with Gasteiger partial charge in [0.1, 0.15) is 0 Å². The molecule has 0 aromatic rings. The Labute approximate surface area is 79.1 Å². The van der Waals surface area contributed by atoms with Crippen molar-refractivity contribution in [3.63, 3.8) is 0 Å². The molecule has 0 aliphatic rings. The molecule has 0 aromatic carbocycles. The smallest absolute Gasteiger partial charge is 0.217 e. The number of amides is 2. The lowest BCUT2D eigenvalue weighted by molar-refractivity contribution is -0.122. The van der Waals surface area contributed by atoms with Crippen molar-refractivity contribution in [2.24, 2.45) is 0 Å². The molecule has 4 nitrogen and oxygen atoms in total. The highest BCUT2D eigenvalue weighted by Crippen LogP contribution is 1.97. The summed E-state index contributed by atoms with van der Waals surface area (Å²) in [4.78, 5) is 21.5. The van der Waals surface area contributed by atoms with Crippen LogP contribution in [0.3, 0.4) is 0 Å². The maximum Gasteiger partial charge on any atom is 0.217 e. The van der Waals surface area contributed by atoms with Gasteiger partial charge in [-0.3, -0.25) is 9.59 Å². The Balaban J connectivity index is 4.06. The van der Waals surface area contributed by atoms with Crippen molar-refractivity contribution >= 4 is 11.8 Å². The molecule has 0 bridgehead atoms. The summed E-state index contributed by atoms with van der Waals surface area (Å²) in [5.41, 5.74) is 0. The van der Waals surface area contributed by atoms with E-state index in [1.807, 2.05) is 13.8 Å².